The van der Waals surface area contributed by atoms with Gasteiger partial charge in [-0.25, -0.2) is 0 Å². The van der Waals surface area contributed by atoms with Crippen molar-refractivity contribution in [1.82, 2.24) is 5.32 Å². The van der Waals surface area contributed by atoms with Crippen molar-refractivity contribution in [2.45, 2.75) is 25.7 Å². The zero-order valence-electron chi connectivity index (χ0n) is 7.70. The van der Waals surface area contributed by atoms with E-state index >= 15 is 0 Å². The predicted molar refractivity (Wildman–Crippen MR) is 52.3 cm³/mol. The summed E-state index contributed by atoms with van der Waals surface area (Å²) in [4.78, 5) is 0. The lowest BCUT2D eigenvalue weighted by atomic mass is 10.2. The van der Waals surface area contributed by atoms with E-state index in [0.29, 0.717) is 0 Å². The van der Waals surface area contributed by atoms with Crippen LogP contribution >= 0.6 is 0 Å². The molecule has 1 heterocycles. The van der Waals surface area contributed by atoms with Crippen LogP contribution in [0.4, 0.5) is 0 Å². The summed E-state index contributed by atoms with van der Waals surface area (Å²) in [5.74, 6) is 0. The van der Waals surface area contributed by atoms with Crippen LogP contribution in [0.1, 0.15) is 18.4 Å². The van der Waals surface area contributed by atoms with Crippen LogP contribution in [0.5, 0.6) is 0 Å². The third-order valence-electron chi connectivity index (χ3n) is 2.31. The molecule has 70 valence electrons. The van der Waals surface area contributed by atoms with Gasteiger partial charge in [0.2, 0.25) is 0 Å². The van der Waals surface area contributed by atoms with Crippen molar-refractivity contribution in [1.29, 1.82) is 0 Å². The molecular weight excluding hydrogens is 162 g/mol. The Kier molecular flexibility index (Phi) is 2.95. The van der Waals surface area contributed by atoms with Gasteiger partial charge in [0.05, 0.1) is 6.61 Å². The first-order valence-corrected chi connectivity index (χ1v) is 4.84. The minimum atomic E-state index is 0.278. The molecule has 13 heavy (non-hydrogen) atoms. The molecule has 1 aliphatic heterocycles. The number of nitrogens with one attached hydrogen (secondary N) is 1. The Bertz CT molecular complexity index is 242. The van der Waals surface area contributed by atoms with E-state index in [0.717, 1.165) is 19.6 Å². The molecule has 1 aromatic carbocycles. The maximum atomic E-state index is 5.68. The Morgan fingerprint density at radius 3 is 2.85 bits per heavy atom. The molecule has 1 aromatic rings. The lowest BCUT2D eigenvalue weighted by molar-refractivity contribution is 0.0311. The summed E-state index contributed by atoms with van der Waals surface area (Å²) >= 11 is 0. The van der Waals surface area contributed by atoms with E-state index in [1.165, 1.54) is 12.0 Å². The summed E-state index contributed by atoms with van der Waals surface area (Å²) in [7, 11) is 0. The van der Waals surface area contributed by atoms with Gasteiger partial charge in [0.25, 0.3) is 0 Å². The van der Waals surface area contributed by atoms with Gasteiger partial charge in [-0.3, -0.25) is 5.32 Å². The number of hydrogen-bond donors (Lipinski definition) is 1. The quantitative estimate of drug-likeness (QED) is 0.761. The molecular formula is C11H15NO. The molecule has 1 fully saturated rings. The zero-order chi connectivity index (χ0) is 8.93. The van der Waals surface area contributed by atoms with E-state index in [4.69, 9.17) is 4.74 Å². The molecule has 0 saturated carbocycles. The normalized spacial score (nSPS) is 22.0. The van der Waals surface area contributed by atoms with Crippen molar-refractivity contribution < 1.29 is 4.74 Å². The van der Waals surface area contributed by atoms with Crippen LogP contribution < -0.4 is 5.32 Å². The molecule has 1 unspecified atom stereocenters. The molecule has 1 saturated heterocycles. The molecule has 1 N–H and O–H groups in total. The van der Waals surface area contributed by atoms with Crippen LogP contribution in [0.2, 0.25) is 0 Å². The average molecular weight is 177 g/mol. The van der Waals surface area contributed by atoms with Crippen molar-refractivity contribution >= 4 is 0 Å². The molecule has 0 aliphatic carbocycles. The highest BCUT2D eigenvalue weighted by molar-refractivity contribution is 5.13. The van der Waals surface area contributed by atoms with Crippen LogP contribution in [0.15, 0.2) is 30.3 Å². The Labute approximate surface area is 78.9 Å². The third-order valence-corrected chi connectivity index (χ3v) is 2.31. The molecule has 0 radical (unpaired) electrons. The predicted octanol–water partition coefficient (Wildman–Crippen LogP) is 1.91. The van der Waals surface area contributed by atoms with Crippen molar-refractivity contribution in [2.24, 2.45) is 0 Å². The summed E-state index contributed by atoms with van der Waals surface area (Å²) < 4.78 is 5.68. The molecule has 0 bridgehead atoms. The summed E-state index contributed by atoms with van der Waals surface area (Å²) in [5.41, 5.74) is 1.25. The first-order chi connectivity index (χ1) is 6.45. The van der Waals surface area contributed by atoms with Gasteiger partial charge in [0.1, 0.15) is 6.23 Å². The van der Waals surface area contributed by atoms with E-state index in [2.05, 4.69) is 17.4 Å². The fourth-order valence-corrected chi connectivity index (χ4v) is 1.57. The van der Waals surface area contributed by atoms with Gasteiger partial charge in [-0.2, -0.15) is 0 Å². The highest BCUT2D eigenvalue weighted by Gasteiger charge is 2.13. The first-order valence-electron chi connectivity index (χ1n) is 4.84. The highest BCUT2D eigenvalue weighted by Crippen LogP contribution is 2.09. The van der Waals surface area contributed by atoms with E-state index in [9.17, 15) is 0 Å². The van der Waals surface area contributed by atoms with E-state index in [1.807, 2.05) is 18.2 Å². The largest absolute Gasteiger partial charge is 0.359 e. The minimum Gasteiger partial charge on any atom is -0.359 e. The van der Waals surface area contributed by atoms with Crippen LogP contribution in [0, 0.1) is 0 Å². The lowest BCUT2D eigenvalue weighted by Gasteiger charge is -2.11. The summed E-state index contributed by atoms with van der Waals surface area (Å²) in [6.07, 6.45) is 2.66. The van der Waals surface area contributed by atoms with Gasteiger partial charge < -0.3 is 4.74 Å². The van der Waals surface area contributed by atoms with E-state index < -0.39 is 0 Å². The zero-order valence-corrected chi connectivity index (χ0v) is 7.70. The minimum absolute atomic E-state index is 0.278. The summed E-state index contributed by atoms with van der Waals surface area (Å²) in [6, 6.07) is 10.3. The van der Waals surface area contributed by atoms with Crippen LogP contribution in [0.25, 0.3) is 0 Å². The van der Waals surface area contributed by atoms with Gasteiger partial charge in [-0.15, -0.1) is 0 Å². The Morgan fingerprint density at radius 1 is 1.31 bits per heavy atom. The standard InChI is InChI=1S/C11H15NO/c1-2-5-10(6-3-1)9-13-11-7-4-8-12-11/h1-3,5-6,11-12H,4,7-9H2. The Hall–Kier alpha value is -0.860. The molecule has 0 aromatic heterocycles. The molecule has 1 atom stereocenters. The number of hydrogen-bond acceptors (Lipinski definition) is 2. The van der Waals surface area contributed by atoms with Crippen molar-refractivity contribution in [3.05, 3.63) is 35.9 Å². The second-order valence-corrected chi connectivity index (χ2v) is 3.38. The maximum Gasteiger partial charge on any atom is 0.108 e. The van der Waals surface area contributed by atoms with Crippen molar-refractivity contribution in [3.63, 3.8) is 0 Å². The number of benzene rings is 1. The lowest BCUT2D eigenvalue weighted by Crippen LogP contribution is -2.24. The highest BCUT2D eigenvalue weighted by atomic mass is 16.5. The molecule has 0 amide bonds. The van der Waals surface area contributed by atoms with Gasteiger partial charge in [0.15, 0.2) is 0 Å². The second-order valence-electron chi connectivity index (χ2n) is 3.38. The van der Waals surface area contributed by atoms with Crippen LogP contribution in [-0.2, 0) is 11.3 Å². The Balaban J connectivity index is 1.79. The van der Waals surface area contributed by atoms with Crippen LogP contribution in [0.3, 0.4) is 0 Å². The summed E-state index contributed by atoms with van der Waals surface area (Å²) in [5, 5.41) is 3.30. The Morgan fingerprint density at radius 2 is 2.15 bits per heavy atom. The molecule has 2 heteroatoms. The summed E-state index contributed by atoms with van der Waals surface area (Å²) in [6.45, 7) is 1.82. The first kappa shape index (κ1) is 8.73. The topological polar surface area (TPSA) is 21.3 Å². The van der Waals surface area contributed by atoms with Gasteiger partial charge in [-0.1, -0.05) is 30.3 Å². The fourth-order valence-electron chi connectivity index (χ4n) is 1.57. The smallest absolute Gasteiger partial charge is 0.108 e. The molecule has 0 spiro atoms. The number of ether oxygens (including phenoxy) is 1. The van der Waals surface area contributed by atoms with Gasteiger partial charge in [-0.05, 0) is 24.9 Å². The average Bonchev–Trinajstić information content (AvgIpc) is 2.69. The fraction of sp³-hybridized carbons (Fsp3) is 0.455. The number of rotatable bonds is 3. The monoisotopic (exact) mass is 177 g/mol. The van der Waals surface area contributed by atoms with Crippen LogP contribution in [-0.4, -0.2) is 12.8 Å². The molecule has 1 aliphatic rings. The maximum absolute atomic E-state index is 5.68. The SMILES string of the molecule is c1ccc(COC2CCCN2)cc1. The van der Waals surface area contributed by atoms with Crippen molar-refractivity contribution in [3.8, 4) is 0 Å². The third kappa shape index (κ3) is 2.54. The van der Waals surface area contributed by atoms with Gasteiger partial charge in [0, 0.05) is 0 Å². The van der Waals surface area contributed by atoms with E-state index in [-0.39, 0.29) is 6.23 Å². The van der Waals surface area contributed by atoms with Crippen molar-refractivity contribution in [2.75, 3.05) is 6.54 Å². The van der Waals surface area contributed by atoms with Gasteiger partial charge >= 0.3 is 0 Å². The molecule has 2 rings (SSSR count). The van der Waals surface area contributed by atoms with E-state index in [1.54, 1.807) is 0 Å². The second kappa shape index (κ2) is 4.40. The molecule has 2 nitrogen and oxygen atoms in total.